The Balaban J connectivity index is 2.56. The Morgan fingerprint density at radius 2 is 1.79 bits per heavy atom. The lowest BCUT2D eigenvalue weighted by atomic mass is 10.0. The van der Waals surface area contributed by atoms with Crippen LogP contribution in [0.4, 0.5) is 13.2 Å². The van der Waals surface area contributed by atoms with Gasteiger partial charge in [0.05, 0.1) is 17.2 Å². The maximum absolute atomic E-state index is 14.0. The number of amides is 1. The highest BCUT2D eigenvalue weighted by Gasteiger charge is 2.45. The second-order valence-corrected chi connectivity index (χ2v) is 12.0. The second kappa shape index (κ2) is 13.1. The van der Waals surface area contributed by atoms with Gasteiger partial charge in [-0.3, -0.25) is 14.7 Å². The van der Waals surface area contributed by atoms with Crippen LogP contribution in [-0.4, -0.2) is 48.1 Å². The Bertz CT molecular complexity index is 1250. The molecule has 1 heterocycles. The number of halogens is 4. The first-order valence-corrected chi connectivity index (χ1v) is 14.5. The lowest BCUT2D eigenvalue weighted by Crippen LogP contribution is -2.49. The molecule has 11 heteroatoms. The summed E-state index contributed by atoms with van der Waals surface area (Å²) in [4.78, 5) is 23.3. The van der Waals surface area contributed by atoms with E-state index < -0.39 is 28.0 Å². The standard InChI is InChI=1S/C27H35ClF3N3O3S/c1-7-9-10-23(32-16-21-11-13-22(14-12-21)38(36,37)8-2)26(35)34(20(6)27(29,30)31)25-18(4)15-17(3)19(5)24(28)33-25/h11-15,19-20H,7-10,16H2,1-6H3. The van der Waals surface area contributed by atoms with Crippen molar-refractivity contribution in [2.24, 2.45) is 15.9 Å². The fourth-order valence-corrected chi connectivity index (χ4v) is 4.88. The molecule has 38 heavy (non-hydrogen) atoms. The van der Waals surface area contributed by atoms with Gasteiger partial charge in [-0.05, 0) is 56.9 Å². The van der Waals surface area contributed by atoms with Gasteiger partial charge in [-0.2, -0.15) is 13.2 Å². The number of allylic oxidation sites excluding steroid dienone is 3. The van der Waals surface area contributed by atoms with E-state index in [1.807, 2.05) is 6.92 Å². The van der Waals surface area contributed by atoms with Crippen LogP contribution in [0.2, 0.25) is 0 Å². The zero-order chi connectivity index (χ0) is 28.8. The number of aliphatic imine (C=N–C) groups is 2. The van der Waals surface area contributed by atoms with Gasteiger partial charge >= 0.3 is 6.18 Å². The van der Waals surface area contributed by atoms with Crippen LogP contribution in [0.25, 0.3) is 0 Å². The largest absolute Gasteiger partial charge is 0.409 e. The predicted molar refractivity (Wildman–Crippen MR) is 146 cm³/mol. The third-order valence-electron chi connectivity index (χ3n) is 6.49. The molecule has 1 aromatic carbocycles. The van der Waals surface area contributed by atoms with E-state index in [0.717, 1.165) is 12.5 Å². The summed E-state index contributed by atoms with van der Waals surface area (Å²) in [5, 5.41) is 0.0898. The van der Waals surface area contributed by atoms with E-state index in [1.165, 1.54) is 12.1 Å². The van der Waals surface area contributed by atoms with E-state index in [1.54, 1.807) is 45.9 Å². The number of carbonyl (C=O) groups excluding carboxylic acids is 1. The van der Waals surface area contributed by atoms with Crippen molar-refractivity contribution in [3.63, 3.8) is 0 Å². The third kappa shape index (κ3) is 7.79. The summed E-state index contributed by atoms with van der Waals surface area (Å²) in [6.07, 6.45) is -1.61. The third-order valence-corrected chi connectivity index (χ3v) is 8.65. The Morgan fingerprint density at radius 3 is 2.32 bits per heavy atom. The number of hydrogen-bond donors (Lipinski definition) is 0. The maximum atomic E-state index is 14.0. The number of alkyl halides is 3. The van der Waals surface area contributed by atoms with Crippen LogP contribution in [0.3, 0.4) is 0 Å². The second-order valence-electron chi connectivity index (χ2n) is 9.36. The van der Waals surface area contributed by atoms with Crippen LogP contribution in [0.15, 0.2) is 62.2 Å². The van der Waals surface area contributed by atoms with E-state index in [4.69, 9.17) is 11.6 Å². The molecule has 0 aliphatic carbocycles. The van der Waals surface area contributed by atoms with Gasteiger partial charge in [-0.25, -0.2) is 13.4 Å². The van der Waals surface area contributed by atoms with E-state index in [2.05, 4.69) is 9.98 Å². The average Bonchev–Trinajstić information content (AvgIpc) is 2.95. The van der Waals surface area contributed by atoms with Crippen molar-refractivity contribution in [2.75, 3.05) is 5.75 Å². The SMILES string of the molecule is CCCCC(=NCc1ccc(S(=O)(=O)CC)cc1)C(=O)N(C1=C(C)C=C(C)C(C)C(Cl)=N1)C(C)C(F)(F)F. The summed E-state index contributed by atoms with van der Waals surface area (Å²) >= 11 is 6.34. The molecule has 0 saturated heterocycles. The molecule has 6 nitrogen and oxygen atoms in total. The van der Waals surface area contributed by atoms with Gasteiger partial charge in [-0.1, -0.05) is 62.6 Å². The smallest absolute Gasteiger partial charge is 0.279 e. The molecular weight excluding hydrogens is 539 g/mol. The molecule has 210 valence electrons. The number of sulfone groups is 1. The molecule has 0 radical (unpaired) electrons. The zero-order valence-corrected chi connectivity index (χ0v) is 24.1. The number of hydrogen-bond acceptors (Lipinski definition) is 5. The molecule has 0 bridgehead atoms. The van der Waals surface area contributed by atoms with Gasteiger partial charge in [0.2, 0.25) is 0 Å². The van der Waals surface area contributed by atoms with E-state index in [0.29, 0.717) is 28.9 Å². The van der Waals surface area contributed by atoms with Crippen molar-refractivity contribution in [3.8, 4) is 0 Å². The molecule has 0 saturated carbocycles. The maximum Gasteiger partial charge on any atom is 0.409 e. The molecule has 1 amide bonds. The van der Waals surface area contributed by atoms with Crippen molar-refractivity contribution in [1.29, 1.82) is 0 Å². The highest BCUT2D eigenvalue weighted by molar-refractivity contribution is 7.91. The van der Waals surface area contributed by atoms with Gasteiger partial charge in [0.25, 0.3) is 5.91 Å². The lowest BCUT2D eigenvalue weighted by Gasteiger charge is -2.32. The predicted octanol–water partition coefficient (Wildman–Crippen LogP) is 6.86. The molecule has 1 aliphatic rings. The molecule has 0 N–H and O–H groups in total. The molecule has 1 aromatic rings. The molecule has 1 aliphatic heterocycles. The quantitative estimate of drug-likeness (QED) is 0.287. The van der Waals surface area contributed by atoms with Crippen LogP contribution >= 0.6 is 11.6 Å². The van der Waals surface area contributed by atoms with E-state index >= 15 is 0 Å². The highest BCUT2D eigenvalue weighted by Crippen LogP contribution is 2.33. The van der Waals surface area contributed by atoms with Crippen LogP contribution in [0.5, 0.6) is 0 Å². The molecule has 2 unspecified atom stereocenters. The number of rotatable bonds is 10. The number of unbranched alkanes of at least 4 members (excludes halogenated alkanes) is 1. The minimum Gasteiger partial charge on any atom is -0.279 e. The Morgan fingerprint density at radius 1 is 1.18 bits per heavy atom. The highest BCUT2D eigenvalue weighted by atomic mass is 35.5. The van der Waals surface area contributed by atoms with Gasteiger partial charge in [0, 0.05) is 5.92 Å². The number of benzene rings is 1. The van der Waals surface area contributed by atoms with Gasteiger partial charge in [-0.15, -0.1) is 0 Å². The first-order valence-electron chi connectivity index (χ1n) is 12.5. The summed E-state index contributed by atoms with van der Waals surface area (Å²) in [5.74, 6) is -1.40. The van der Waals surface area contributed by atoms with Crippen LogP contribution in [0, 0.1) is 5.92 Å². The van der Waals surface area contributed by atoms with Crippen molar-refractivity contribution in [3.05, 3.63) is 52.9 Å². The first-order chi connectivity index (χ1) is 17.6. The summed E-state index contributed by atoms with van der Waals surface area (Å²) in [6, 6.07) is 3.91. The lowest BCUT2D eigenvalue weighted by molar-refractivity contribution is -0.178. The summed E-state index contributed by atoms with van der Waals surface area (Å²) in [5.41, 5.74) is 1.80. The van der Waals surface area contributed by atoms with Crippen molar-refractivity contribution in [2.45, 2.75) is 84.5 Å². The fraction of sp³-hybridized carbons (Fsp3) is 0.519. The van der Waals surface area contributed by atoms with Crippen LogP contribution in [-0.2, 0) is 21.2 Å². The molecule has 0 aromatic heterocycles. The van der Waals surface area contributed by atoms with E-state index in [-0.39, 0.29) is 46.2 Å². The molecule has 2 atom stereocenters. The Kier molecular flexibility index (Phi) is 10.9. The number of carbonyl (C=O) groups is 1. The molecule has 0 spiro atoms. The minimum absolute atomic E-state index is 0.00355. The topological polar surface area (TPSA) is 79.2 Å². The van der Waals surface area contributed by atoms with Crippen molar-refractivity contribution >= 4 is 38.2 Å². The zero-order valence-electron chi connectivity index (χ0n) is 22.6. The molecule has 2 rings (SSSR count). The summed E-state index contributed by atoms with van der Waals surface area (Å²) < 4.78 is 66.2. The molecular formula is C27H35ClF3N3O3S. The van der Waals surface area contributed by atoms with Crippen LogP contribution < -0.4 is 0 Å². The Labute approximate surface area is 228 Å². The van der Waals surface area contributed by atoms with Gasteiger partial charge in [0.15, 0.2) is 9.84 Å². The molecule has 0 fully saturated rings. The summed E-state index contributed by atoms with van der Waals surface area (Å²) in [6.45, 7) is 9.57. The fourth-order valence-electron chi connectivity index (χ4n) is 3.74. The van der Waals surface area contributed by atoms with Crippen molar-refractivity contribution in [1.82, 2.24) is 4.90 Å². The van der Waals surface area contributed by atoms with Crippen molar-refractivity contribution < 1.29 is 26.4 Å². The monoisotopic (exact) mass is 573 g/mol. The Hall–Kier alpha value is -2.46. The summed E-state index contributed by atoms with van der Waals surface area (Å²) in [7, 11) is -3.38. The van der Waals surface area contributed by atoms with Gasteiger partial charge in [0.1, 0.15) is 22.7 Å². The number of nitrogens with zero attached hydrogens (tertiary/aromatic N) is 3. The van der Waals surface area contributed by atoms with E-state index in [9.17, 15) is 26.4 Å². The average molecular weight is 574 g/mol. The first kappa shape index (κ1) is 31.8. The van der Waals surface area contributed by atoms with Crippen LogP contribution in [0.1, 0.15) is 66.4 Å². The minimum atomic E-state index is -4.72. The van der Waals surface area contributed by atoms with Gasteiger partial charge < -0.3 is 0 Å². The normalized spacial score (nSPS) is 18.1.